The molecule has 0 fully saturated rings. The summed E-state index contributed by atoms with van der Waals surface area (Å²) >= 11 is 0. The topological polar surface area (TPSA) is 134 Å². The highest BCUT2D eigenvalue weighted by molar-refractivity contribution is 7.60. The van der Waals surface area contributed by atoms with Crippen LogP contribution in [0.2, 0.25) is 0 Å². The van der Waals surface area contributed by atoms with E-state index in [0.29, 0.717) is 11.3 Å². The zero-order valence-electron chi connectivity index (χ0n) is 22.5. The minimum Gasteiger partial charge on any atom is -0.508 e. The van der Waals surface area contributed by atoms with Gasteiger partial charge >= 0.3 is 15.6 Å². The molecule has 0 bridgehead atoms. The molecule has 8 nitrogen and oxygen atoms in total. The van der Waals surface area contributed by atoms with Crippen LogP contribution < -0.4 is 4.52 Å². The van der Waals surface area contributed by atoms with Gasteiger partial charge in [-0.3, -0.25) is 4.89 Å². The summed E-state index contributed by atoms with van der Waals surface area (Å²) in [6.45, 7) is 15.9. The Hall–Kier alpha value is -1.66. The Kier molecular flexibility index (Phi) is 9.33. The molecule has 0 spiro atoms. The van der Waals surface area contributed by atoms with Crippen molar-refractivity contribution in [2.75, 3.05) is 0 Å². The molecule has 0 heterocycles. The third kappa shape index (κ3) is 8.72. The predicted molar refractivity (Wildman–Crippen MR) is 142 cm³/mol. The fourth-order valence-corrected chi connectivity index (χ4v) is 5.78. The van der Waals surface area contributed by atoms with Gasteiger partial charge in [-0.15, -0.1) is 0 Å². The van der Waals surface area contributed by atoms with Gasteiger partial charge in [0, 0.05) is 5.56 Å². The first-order chi connectivity index (χ1) is 16.2. The molecule has 1 unspecified atom stereocenters. The van der Waals surface area contributed by atoms with Crippen molar-refractivity contribution in [3.63, 3.8) is 0 Å². The van der Waals surface area contributed by atoms with E-state index < -0.39 is 21.1 Å². The van der Waals surface area contributed by atoms with Gasteiger partial charge < -0.3 is 19.4 Å². The van der Waals surface area contributed by atoms with Gasteiger partial charge in [0.25, 0.3) is 0 Å². The van der Waals surface area contributed by atoms with Crippen LogP contribution in [0.15, 0.2) is 24.3 Å². The van der Waals surface area contributed by atoms with Crippen molar-refractivity contribution in [3.05, 3.63) is 57.6 Å². The van der Waals surface area contributed by atoms with Gasteiger partial charge in [-0.25, -0.2) is 9.13 Å². The molecule has 0 radical (unpaired) electrons. The maximum absolute atomic E-state index is 12.2. The summed E-state index contributed by atoms with van der Waals surface area (Å²) in [7, 11) is -10.2. The minimum atomic E-state index is -5.22. The summed E-state index contributed by atoms with van der Waals surface area (Å²) in [5.74, 6) is 0.382. The van der Waals surface area contributed by atoms with Crippen molar-refractivity contribution in [1.82, 2.24) is 0 Å². The molecular weight excluding hydrogens is 502 g/mol. The van der Waals surface area contributed by atoms with Crippen molar-refractivity contribution >= 4 is 15.6 Å². The third-order valence-corrected chi connectivity index (χ3v) is 8.18. The van der Waals surface area contributed by atoms with Crippen LogP contribution in [0.1, 0.15) is 87.8 Å². The smallest absolute Gasteiger partial charge is 0.508 e. The average Bonchev–Trinajstić information content (AvgIpc) is 2.63. The lowest BCUT2D eigenvalue weighted by molar-refractivity contribution is 0.228. The van der Waals surface area contributed by atoms with Gasteiger partial charge in [-0.05, 0) is 90.3 Å². The largest absolute Gasteiger partial charge is 0.536 e. The van der Waals surface area contributed by atoms with Crippen LogP contribution in [0.4, 0.5) is 0 Å². The molecule has 0 aromatic heterocycles. The van der Waals surface area contributed by atoms with E-state index in [1.165, 1.54) is 5.56 Å². The first-order valence-corrected chi connectivity index (χ1v) is 15.0. The lowest BCUT2D eigenvalue weighted by Gasteiger charge is -2.25. The molecule has 0 aliphatic carbocycles. The van der Waals surface area contributed by atoms with Crippen LogP contribution in [0.25, 0.3) is 0 Å². The Balaban J connectivity index is 2.20. The van der Waals surface area contributed by atoms with Gasteiger partial charge in [0.2, 0.25) is 0 Å². The number of aromatic hydroxyl groups is 1. The van der Waals surface area contributed by atoms with Crippen LogP contribution in [-0.2, 0) is 37.1 Å². The average molecular weight is 543 g/mol. The van der Waals surface area contributed by atoms with Crippen molar-refractivity contribution in [2.24, 2.45) is 0 Å². The summed E-state index contributed by atoms with van der Waals surface area (Å²) in [5.41, 5.74) is 5.15. The Labute approximate surface area is 214 Å². The van der Waals surface area contributed by atoms with E-state index in [1.807, 2.05) is 46.8 Å². The second kappa shape index (κ2) is 11.0. The second-order valence-electron chi connectivity index (χ2n) is 11.4. The Morgan fingerprint density at radius 1 is 0.750 bits per heavy atom. The normalized spacial score (nSPS) is 14.5. The van der Waals surface area contributed by atoms with Crippen LogP contribution in [-0.4, -0.2) is 19.8 Å². The van der Waals surface area contributed by atoms with Crippen molar-refractivity contribution < 1.29 is 37.8 Å². The van der Waals surface area contributed by atoms with Crippen molar-refractivity contribution in [1.29, 1.82) is 0 Å². The molecule has 1 atom stereocenters. The second-order valence-corrected chi connectivity index (χ2v) is 14.2. The molecule has 0 saturated carbocycles. The molecule has 0 aliphatic rings. The molecular formula is C26H40O8P2. The van der Waals surface area contributed by atoms with Gasteiger partial charge in [-0.1, -0.05) is 53.7 Å². The Bertz CT molecular complexity index is 1190. The fraction of sp³-hybridized carbons (Fsp3) is 0.538. The summed E-state index contributed by atoms with van der Waals surface area (Å²) in [4.78, 5) is 27.7. The number of rotatable bonds is 9. The number of phenolic OH excluding ortho intramolecular Hbond substituents is 1. The van der Waals surface area contributed by atoms with Crippen LogP contribution in [0.5, 0.6) is 11.5 Å². The molecule has 2 rings (SSSR count). The van der Waals surface area contributed by atoms with E-state index in [1.54, 1.807) is 6.07 Å². The SMILES string of the molecule is Cc1cc(O)c(C(C)(C)C)cc1CCCCc1cc(C(C)(C)C)c(OP(=O)(O)OP(=O)(O)O)cc1C. The molecule has 202 valence electrons. The zero-order valence-corrected chi connectivity index (χ0v) is 24.2. The van der Waals surface area contributed by atoms with Gasteiger partial charge in [0.1, 0.15) is 11.5 Å². The summed E-state index contributed by atoms with van der Waals surface area (Å²) < 4.78 is 32.3. The summed E-state index contributed by atoms with van der Waals surface area (Å²) in [6, 6.07) is 7.48. The predicted octanol–water partition coefficient (Wildman–Crippen LogP) is 6.76. The molecule has 0 amide bonds. The Morgan fingerprint density at radius 3 is 1.64 bits per heavy atom. The minimum absolute atomic E-state index is 0.0532. The zero-order chi connectivity index (χ0) is 27.7. The number of phosphoric acid groups is 2. The number of unbranched alkanes of at least 4 members (excludes halogenated alkanes) is 1. The number of aryl methyl sites for hydroxylation is 4. The lowest BCUT2D eigenvalue weighted by Crippen LogP contribution is -2.14. The number of benzene rings is 2. The van der Waals surface area contributed by atoms with E-state index in [2.05, 4.69) is 31.1 Å². The van der Waals surface area contributed by atoms with Crippen LogP contribution >= 0.6 is 15.6 Å². The summed E-state index contributed by atoms with van der Waals surface area (Å²) in [6.07, 6.45) is 3.53. The van der Waals surface area contributed by atoms with E-state index in [9.17, 15) is 19.1 Å². The van der Waals surface area contributed by atoms with Gasteiger partial charge in [0.15, 0.2) is 0 Å². The Morgan fingerprint density at radius 2 is 1.19 bits per heavy atom. The summed E-state index contributed by atoms with van der Waals surface area (Å²) in [5, 5.41) is 10.4. The third-order valence-electron chi connectivity index (χ3n) is 6.07. The highest BCUT2D eigenvalue weighted by atomic mass is 31.3. The number of phosphoric ester groups is 1. The molecule has 36 heavy (non-hydrogen) atoms. The highest BCUT2D eigenvalue weighted by Gasteiger charge is 2.35. The van der Waals surface area contributed by atoms with E-state index in [-0.39, 0.29) is 11.2 Å². The number of phenols is 1. The van der Waals surface area contributed by atoms with Gasteiger partial charge in [0.05, 0.1) is 0 Å². The van der Waals surface area contributed by atoms with E-state index >= 15 is 0 Å². The quantitative estimate of drug-likeness (QED) is 0.202. The van der Waals surface area contributed by atoms with Crippen LogP contribution in [0.3, 0.4) is 0 Å². The van der Waals surface area contributed by atoms with E-state index in [4.69, 9.17) is 14.3 Å². The molecule has 2 aromatic rings. The number of hydrogen-bond donors (Lipinski definition) is 4. The molecule has 2 aromatic carbocycles. The maximum atomic E-state index is 12.2. The monoisotopic (exact) mass is 542 g/mol. The molecule has 0 aliphatic heterocycles. The lowest BCUT2D eigenvalue weighted by atomic mass is 9.83. The highest BCUT2D eigenvalue weighted by Crippen LogP contribution is 2.58. The van der Waals surface area contributed by atoms with Crippen molar-refractivity contribution in [2.45, 2.75) is 91.9 Å². The van der Waals surface area contributed by atoms with Crippen LogP contribution in [0, 0.1) is 13.8 Å². The fourth-order valence-electron chi connectivity index (χ4n) is 4.17. The van der Waals surface area contributed by atoms with E-state index in [0.717, 1.165) is 47.9 Å². The standard InChI is InChI=1S/C26H40O8P2/c1-17-13-23(27)21(25(3,4)5)15-19(17)11-9-10-12-20-16-22(26(6,7)8)24(14-18(20)2)33-36(31,32)34-35(28,29)30/h13-16,27H,9-12H2,1-8H3,(H,31,32)(H2,28,29,30). The molecule has 0 saturated heterocycles. The maximum Gasteiger partial charge on any atom is 0.536 e. The first kappa shape index (κ1) is 30.6. The number of hydrogen-bond acceptors (Lipinski definition) is 5. The van der Waals surface area contributed by atoms with Gasteiger partial charge in [-0.2, -0.15) is 4.31 Å². The molecule has 4 N–H and O–H groups in total. The first-order valence-electron chi connectivity index (χ1n) is 12.0. The molecule has 10 heteroatoms. The van der Waals surface area contributed by atoms with Crippen molar-refractivity contribution in [3.8, 4) is 11.5 Å².